The Bertz CT molecular complexity index is 1330. The molecule has 0 aliphatic rings. The van der Waals surface area contributed by atoms with Crippen LogP contribution in [0.3, 0.4) is 0 Å². The molecule has 5 nitrogen and oxygen atoms in total. The minimum Gasteiger partial charge on any atom is -0.436 e. The van der Waals surface area contributed by atoms with E-state index < -0.39 is 5.91 Å². The molecule has 4 rings (SSSR count). The molecule has 8 heteroatoms. The van der Waals surface area contributed by atoms with E-state index in [0.717, 1.165) is 5.56 Å². The molecule has 0 radical (unpaired) electrons. The summed E-state index contributed by atoms with van der Waals surface area (Å²) in [5.74, 6) is 0.113. The summed E-state index contributed by atoms with van der Waals surface area (Å²) in [5, 5.41) is 6.41. The van der Waals surface area contributed by atoms with Gasteiger partial charge in [0.15, 0.2) is 10.7 Å². The first kappa shape index (κ1) is 21.3. The zero-order valence-corrected chi connectivity index (χ0v) is 19.0. The predicted octanol–water partition coefficient (Wildman–Crippen LogP) is 6.55. The van der Waals surface area contributed by atoms with Gasteiger partial charge in [0, 0.05) is 16.3 Å². The number of oxazole rings is 1. The van der Waals surface area contributed by atoms with Gasteiger partial charge in [-0.05, 0) is 85.7 Å². The van der Waals surface area contributed by atoms with Gasteiger partial charge in [-0.1, -0.05) is 29.3 Å². The lowest BCUT2D eigenvalue weighted by molar-refractivity contribution is 0.0978. The van der Waals surface area contributed by atoms with Gasteiger partial charge in [0.1, 0.15) is 5.52 Å². The maximum Gasteiger partial charge on any atom is 0.258 e. The fraction of sp³-hybridized carbons (Fsp3) is 0.0870. The number of carbonyl (C=O) groups excluding carboxylic acids is 1. The highest BCUT2D eigenvalue weighted by atomic mass is 35.5. The number of anilines is 1. The van der Waals surface area contributed by atoms with Crippen LogP contribution in [0.1, 0.15) is 21.5 Å². The quantitative estimate of drug-likeness (QED) is 0.333. The summed E-state index contributed by atoms with van der Waals surface area (Å²) in [4.78, 5) is 17.0. The first-order chi connectivity index (χ1) is 14.8. The molecule has 0 fully saturated rings. The van der Waals surface area contributed by atoms with Gasteiger partial charge in [0.05, 0.1) is 10.6 Å². The number of hydrogen-bond acceptors (Lipinski definition) is 4. The lowest BCUT2D eigenvalue weighted by Gasteiger charge is -2.10. The number of hydrogen-bond donors (Lipinski definition) is 2. The van der Waals surface area contributed by atoms with Crippen LogP contribution in [0, 0.1) is 13.8 Å². The molecule has 0 aliphatic carbocycles. The SMILES string of the molecule is Cc1ccc(-c2nc3cc(NC(=S)NC(=O)c4ccc(Cl)cc4Cl)ccc3o2)cc1C. The number of nitrogens with one attached hydrogen (secondary N) is 2. The molecular formula is C23H17Cl2N3O2S. The zero-order valence-electron chi connectivity index (χ0n) is 16.6. The highest BCUT2D eigenvalue weighted by molar-refractivity contribution is 7.80. The Hall–Kier alpha value is -2.93. The van der Waals surface area contributed by atoms with Gasteiger partial charge in [0.25, 0.3) is 5.91 Å². The fourth-order valence-electron chi connectivity index (χ4n) is 3.01. The summed E-state index contributed by atoms with van der Waals surface area (Å²) in [6.45, 7) is 4.11. The molecule has 2 N–H and O–H groups in total. The molecule has 0 atom stereocenters. The number of aromatic nitrogens is 1. The Morgan fingerprint density at radius 2 is 1.81 bits per heavy atom. The molecule has 0 bridgehead atoms. The number of rotatable bonds is 3. The van der Waals surface area contributed by atoms with Crippen LogP contribution in [-0.2, 0) is 0 Å². The van der Waals surface area contributed by atoms with E-state index in [1.54, 1.807) is 30.3 Å². The summed E-state index contributed by atoms with van der Waals surface area (Å²) < 4.78 is 5.89. The van der Waals surface area contributed by atoms with E-state index >= 15 is 0 Å². The van der Waals surface area contributed by atoms with Crippen LogP contribution >= 0.6 is 35.4 Å². The van der Waals surface area contributed by atoms with Crippen molar-refractivity contribution in [3.05, 3.63) is 81.3 Å². The highest BCUT2D eigenvalue weighted by Gasteiger charge is 2.14. The normalized spacial score (nSPS) is 10.8. The molecule has 0 saturated heterocycles. The van der Waals surface area contributed by atoms with E-state index in [-0.39, 0.29) is 15.7 Å². The average Bonchev–Trinajstić information content (AvgIpc) is 3.13. The van der Waals surface area contributed by atoms with E-state index in [1.807, 2.05) is 18.2 Å². The Kier molecular flexibility index (Phi) is 5.96. The molecule has 0 spiro atoms. The molecule has 1 heterocycles. The molecule has 3 aromatic carbocycles. The number of benzene rings is 3. The van der Waals surface area contributed by atoms with Crippen molar-refractivity contribution < 1.29 is 9.21 Å². The van der Waals surface area contributed by atoms with E-state index in [2.05, 4.69) is 29.5 Å². The van der Waals surface area contributed by atoms with Gasteiger partial charge in [-0.15, -0.1) is 0 Å². The number of aryl methyl sites for hydroxylation is 2. The van der Waals surface area contributed by atoms with E-state index in [9.17, 15) is 4.79 Å². The summed E-state index contributed by atoms with van der Waals surface area (Å²) in [6, 6.07) is 16.1. The summed E-state index contributed by atoms with van der Waals surface area (Å²) in [5.41, 5.74) is 5.57. The zero-order chi connectivity index (χ0) is 22.1. The van der Waals surface area contributed by atoms with Crippen LogP contribution in [0.4, 0.5) is 5.69 Å². The highest BCUT2D eigenvalue weighted by Crippen LogP contribution is 2.27. The van der Waals surface area contributed by atoms with Crippen LogP contribution < -0.4 is 10.6 Å². The number of halogens is 2. The van der Waals surface area contributed by atoms with Crippen LogP contribution in [0.2, 0.25) is 10.0 Å². The lowest BCUT2D eigenvalue weighted by Crippen LogP contribution is -2.34. The Morgan fingerprint density at radius 1 is 1.00 bits per heavy atom. The first-order valence-corrected chi connectivity index (χ1v) is 10.5. The van der Waals surface area contributed by atoms with Crippen molar-refractivity contribution >= 4 is 63.2 Å². The van der Waals surface area contributed by atoms with Crippen molar-refractivity contribution in [2.24, 2.45) is 0 Å². The molecule has 156 valence electrons. The molecule has 0 saturated carbocycles. The predicted molar refractivity (Wildman–Crippen MR) is 129 cm³/mol. The molecule has 31 heavy (non-hydrogen) atoms. The Balaban J connectivity index is 1.50. The van der Waals surface area contributed by atoms with Crippen molar-refractivity contribution in [1.29, 1.82) is 0 Å². The summed E-state index contributed by atoms with van der Waals surface area (Å²) in [7, 11) is 0. The summed E-state index contributed by atoms with van der Waals surface area (Å²) in [6.07, 6.45) is 0. The van der Waals surface area contributed by atoms with E-state index in [4.69, 9.17) is 39.8 Å². The standard InChI is InChI=1S/C23H17Cl2N3O2S/c1-12-3-4-14(9-13(12)2)22-27-19-11-16(6-8-20(19)30-22)26-23(31)28-21(29)17-7-5-15(24)10-18(17)25/h3-11H,1-2H3,(H2,26,28,29,31). The molecule has 0 aliphatic heterocycles. The topological polar surface area (TPSA) is 67.2 Å². The van der Waals surface area contributed by atoms with Gasteiger partial charge < -0.3 is 9.73 Å². The van der Waals surface area contributed by atoms with E-state index in [0.29, 0.717) is 27.7 Å². The molecule has 1 aromatic heterocycles. The number of amides is 1. The van der Waals surface area contributed by atoms with Gasteiger partial charge in [-0.2, -0.15) is 0 Å². The number of thiocarbonyl (C=S) groups is 1. The van der Waals surface area contributed by atoms with Gasteiger partial charge in [-0.3, -0.25) is 10.1 Å². The largest absolute Gasteiger partial charge is 0.436 e. The maximum atomic E-state index is 12.4. The van der Waals surface area contributed by atoms with Crippen LogP contribution in [0.15, 0.2) is 59.0 Å². The van der Waals surface area contributed by atoms with Crippen LogP contribution in [-0.4, -0.2) is 16.0 Å². The van der Waals surface area contributed by atoms with Gasteiger partial charge in [0.2, 0.25) is 5.89 Å². The third-order valence-corrected chi connectivity index (χ3v) is 5.55. The third kappa shape index (κ3) is 4.71. The number of nitrogens with zero attached hydrogens (tertiary/aromatic N) is 1. The number of fused-ring (bicyclic) bond motifs is 1. The second-order valence-corrected chi connectivity index (χ2v) is 8.28. The van der Waals surface area contributed by atoms with Gasteiger partial charge >= 0.3 is 0 Å². The van der Waals surface area contributed by atoms with Gasteiger partial charge in [-0.25, -0.2) is 4.98 Å². The Morgan fingerprint density at radius 3 is 2.55 bits per heavy atom. The Labute approximate surface area is 194 Å². The second-order valence-electron chi connectivity index (χ2n) is 7.03. The lowest BCUT2D eigenvalue weighted by atomic mass is 10.1. The monoisotopic (exact) mass is 469 g/mol. The molecule has 1 amide bonds. The fourth-order valence-corrected chi connectivity index (χ4v) is 3.71. The molecule has 4 aromatic rings. The smallest absolute Gasteiger partial charge is 0.258 e. The van der Waals surface area contributed by atoms with E-state index in [1.165, 1.54) is 17.2 Å². The second kappa shape index (κ2) is 8.67. The van der Waals surface area contributed by atoms with Crippen LogP contribution in [0.25, 0.3) is 22.6 Å². The van der Waals surface area contributed by atoms with Crippen LogP contribution in [0.5, 0.6) is 0 Å². The third-order valence-electron chi connectivity index (χ3n) is 4.80. The maximum absolute atomic E-state index is 12.4. The van der Waals surface area contributed by atoms with Crippen molar-refractivity contribution in [2.45, 2.75) is 13.8 Å². The minimum atomic E-state index is -0.432. The van der Waals surface area contributed by atoms with Crippen molar-refractivity contribution in [1.82, 2.24) is 10.3 Å². The average molecular weight is 470 g/mol. The first-order valence-electron chi connectivity index (χ1n) is 9.36. The molecule has 0 unspecified atom stereocenters. The van der Waals surface area contributed by atoms with Crippen molar-refractivity contribution in [2.75, 3.05) is 5.32 Å². The van der Waals surface area contributed by atoms with Crippen molar-refractivity contribution in [3.63, 3.8) is 0 Å². The summed E-state index contributed by atoms with van der Waals surface area (Å²) >= 11 is 17.2. The van der Waals surface area contributed by atoms with Crippen molar-refractivity contribution in [3.8, 4) is 11.5 Å². The number of carbonyl (C=O) groups is 1. The minimum absolute atomic E-state index is 0.133. The molecular weight excluding hydrogens is 453 g/mol.